The number of rotatable bonds is 6. The van der Waals surface area contributed by atoms with Crippen LogP contribution in [0.1, 0.15) is 48.6 Å². The highest BCUT2D eigenvalue weighted by Gasteiger charge is 2.29. The van der Waals surface area contributed by atoms with Crippen molar-refractivity contribution >= 4 is 17.7 Å². The minimum atomic E-state index is -0.579. The monoisotopic (exact) mass is 297 g/mol. The lowest BCUT2D eigenvalue weighted by atomic mass is 9.93. The predicted molar refractivity (Wildman–Crippen MR) is 81.2 cm³/mol. The summed E-state index contributed by atoms with van der Waals surface area (Å²) in [6.07, 6.45) is 3.23. The molecule has 0 fully saturated rings. The average molecular weight is 297 g/mol. The molecule has 0 aliphatic carbocycles. The minimum Gasteiger partial charge on any atom is -0.394 e. The number of aliphatic hydroxyl groups excluding tert-OH is 1. The van der Waals surface area contributed by atoms with E-state index in [2.05, 4.69) is 15.3 Å². The van der Waals surface area contributed by atoms with Crippen LogP contribution in [0.4, 0.5) is 0 Å². The SMILES string of the molecule is CCC(CC)(CO)NC(=O)c1c(C)nc(C)nc1SC. The molecule has 5 nitrogen and oxygen atoms in total. The molecule has 0 aliphatic rings. The van der Waals surface area contributed by atoms with E-state index in [1.807, 2.05) is 34.0 Å². The van der Waals surface area contributed by atoms with E-state index >= 15 is 0 Å². The molecule has 1 heterocycles. The summed E-state index contributed by atoms with van der Waals surface area (Å²) in [7, 11) is 0. The fourth-order valence-corrected chi connectivity index (χ4v) is 2.75. The molecular weight excluding hydrogens is 274 g/mol. The van der Waals surface area contributed by atoms with E-state index in [1.54, 1.807) is 0 Å². The van der Waals surface area contributed by atoms with Crippen molar-refractivity contribution in [2.75, 3.05) is 12.9 Å². The molecule has 112 valence electrons. The maximum absolute atomic E-state index is 12.5. The molecule has 2 N–H and O–H groups in total. The second-order valence-corrected chi connectivity index (χ2v) is 5.64. The summed E-state index contributed by atoms with van der Waals surface area (Å²) in [6.45, 7) is 7.44. The maximum Gasteiger partial charge on any atom is 0.256 e. The van der Waals surface area contributed by atoms with Gasteiger partial charge in [0.05, 0.1) is 23.4 Å². The number of carbonyl (C=O) groups is 1. The molecular formula is C14H23N3O2S. The number of nitrogens with zero attached hydrogens (tertiary/aromatic N) is 2. The standard InChI is InChI=1S/C14H23N3O2S/c1-6-14(7-2,8-18)17-12(19)11-9(3)15-10(4)16-13(11)20-5/h18H,6-8H2,1-5H3,(H,17,19). The molecule has 1 aromatic heterocycles. The fourth-order valence-electron chi connectivity index (χ4n) is 2.08. The Morgan fingerprint density at radius 3 is 2.35 bits per heavy atom. The second kappa shape index (κ2) is 7.04. The Bertz CT molecular complexity index is 479. The van der Waals surface area contributed by atoms with Gasteiger partial charge in [-0.25, -0.2) is 9.97 Å². The number of aromatic nitrogens is 2. The predicted octanol–water partition coefficient (Wildman–Crippen LogP) is 2.10. The lowest BCUT2D eigenvalue weighted by Gasteiger charge is -2.31. The van der Waals surface area contributed by atoms with Gasteiger partial charge in [0, 0.05) is 0 Å². The summed E-state index contributed by atoms with van der Waals surface area (Å²) >= 11 is 1.43. The summed E-state index contributed by atoms with van der Waals surface area (Å²) in [5.41, 5.74) is 0.589. The third kappa shape index (κ3) is 3.49. The Labute approximate surface area is 124 Å². The molecule has 0 saturated heterocycles. The van der Waals surface area contributed by atoms with Crippen molar-refractivity contribution in [2.45, 2.75) is 51.1 Å². The third-order valence-electron chi connectivity index (χ3n) is 3.62. The molecule has 0 saturated carbocycles. The molecule has 1 rings (SSSR count). The van der Waals surface area contributed by atoms with E-state index in [0.717, 1.165) is 0 Å². The van der Waals surface area contributed by atoms with E-state index < -0.39 is 5.54 Å². The van der Waals surface area contributed by atoms with Gasteiger partial charge in [-0.2, -0.15) is 0 Å². The van der Waals surface area contributed by atoms with E-state index in [4.69, 9.17) is 0 Å². The Morgan fingerprint density at radius 1 is 1.30 bits per heavy atom. The van der Waals surface area contributed by atoms with Crippen molar-refractivity contribution in [3.05, 3.63) is 17.1 Å². The van der Waals surface area contributed by atoms with Gasteiger partial charge in [-0.3, -0.25) is 4.79 Å². The van der Waals surface area contributed by atoms with Crippen molar-refractivity contribution in [2.24, 2.45) is 0 Å². The van der Waals surface area contributed by atoms with E-state index in [1.165, 1.54) is 11.8 Å². The molecule has 6 heteroatoms. The number of amides is 1. The lowest BCUT2D eigenvalue weighted by molar-refractivity contribution is 0.0813. The molecule has 0 aromatic carbocycles. The molecule has 20 heavy (non-hydrogen) atoms. The summed E-state index contributed by atoms with van der Waals surface area (Å²) in [5.74, 6) is 0.437. The van der Waals surface area contributed by atoms with Crippen LogP contribution in [0.15, 0.2) is 5.03 Å². The fraction of sp³-hybridized carbons (Fsp3) is 0.643. The van der Waals surface area contributed by atoms with Crippen LogP contribution >= 0.6 is 11.8 Å². The highest BCUT2D eigenvalue weighted by atomic mass is 32.2. The van der Waals surface area contributed by atoms with Crippen LogP contribution in [-0.2, 0) is 0 Å². The summed E-state index contributed by atoms with van der Waals surface area (Å²) in [6, 6.07) is 0. The van der Waals surface area contributed by atoms with E-state index in [9.17, 15) is 9.90 Å². The van der Waals surface area contributed by atoms with Crippen LogP contribution in [0.25, 0.3) is 0 Å². The van der Waals surface area contributed by atoms with Crippen molar-refractivity contribution in [1.82, 2.24) is 15.3 Å². The van der Waals surface area contributed by atoms with Gasteiger partial charge in [-0.1, -0.05) is 13.8 Å². The molecule has 0 aliphatic heterocycles. The first-order valence-electron chi connectivity index (χ1n) is 6.75. The van der Waals surface area contributed by atoms with Crippen molar-refractivity contribution in [1.29, 1.82) is 0 Å². The van der Waals surface area contributed by atoms with Crippen LogP contribution < -0.4 is 5.32 Å². The van der Waals surface area contributed by atoms with Gasteiger partial charge in [-0.15, -0.1) is 11.8 Å². The summed E-state index contributed by atoms with van der Waals surface area (Å²) < 4.78 is 0. The zero-order valence-corrected chi connectivity index (χ0v) is 13.6. The number of carbonyl (C=O) groups excluding carboxylic acids is 1. The lowest BCUT2D eigenvalue weighted by Crippen LogP contribution is -2.50. The first-order chi connectivity index (χ1) is 9.42. The minimum absolute atomic E-state index is 0.0773. The molecule has 0 spiro atoms. The van der Waals surface area contributed by atoms with Crippen molar-refractivity contribution in [3.63, 3.8) is 0 Å². The highest BCUT2D eigenvalue weighted by molar-refractivity contribution is 7.98. The number of aliphatic hydroxyl groups is 1. The Balaban J connectivity index is 3.15. The topological polar surface area (TPSA) is 75.1 Å². The van der Waals surface area contributed by atoms with Crippen LogP contribution in [0.2, 0.25) is 0 Å². The van der Waals surface area contributed by atoms with Crippen molar-refractivity contribution in [3.8, 4) is 0 Å². The van der Waals surface area contributed by atoms with Crippen LogP contribution in [0.5, 0.6) is 0 Å². The average Bonchev–Trinajstić information content (AvgIpc) is 2.43. The number of hydrogen-bond acceptors (Lipinski definition) is 5. The van der Waals surface area contributed by atoms with E-state index in [-0.39, 0.29) is 12.5 Å². The van der Waals surface area contributed by atoms with Gasteiger partial charge >= 0.3 is 0 Å². The zero-order chi connectivity index (χ0) is 15.3. The number of hydrogen-bond donors (Lipinski definition) is 2. The first kappa shape index (κ1) is 16.9. The molecule has 1 aromatic rings. The van der Waals surface area contributed by atoms with Gasteiger partial charge in [-0.05, 0) is 32.9 Å². The Hall–Kier alpha value is -1.14. The number of aryl methyl sites for hydroxylation is 2. The summed E-state index contributed by atoms with van der Waals surface area (Å²) in [5, 5.41) is 13.2. The number of thioether (sulfide) groups is 1. The van der Waals surface area contributed by atoms with Crippen LogP contribution in [0, 0.1) is 13.8 Å². The van der Waals surface area contributed by atoms with Gasteiger partial charge in [0.15, 0.2) is 0 Å². The largest absolute Gasteiger partial charge is 0.394 e. The van der Waals surface area contributed by atoms with Gasteiger partial charge in [0.1, 0.15) is 10.9 Å². The first-order valence-corrected chi connectivity index (χ1v) is 7.98. The maximum atomic E-state index is 12.5. The van der Waals surface area contributed by atoms with Gasteiger partial charge < -0.3 is 10.4 Å². The smallest absolute Gasteiger partial charge is 0.256 e. The molecule has 0 unspecified atom stereocenters. The highest BCUT2D eigenvalue weighted by Crippen LogP contribution is 2.22. The molecule has 1 amide bonds. The third-order valence-corrected chi connectivity index (χ3v) is 4.31. The number of nitrogens with one attached hydrogen (secondary N) is 1. The van der Waals surface area contributed by atoms with Gasteiger partial charge in [0.25, 0.3) is 5.91 Å². The molecule has 0 atom stereocenters. The van der Waals surface area contributed by atoms with Gasteiger partial charge in [0.2, 0.25) is 0 Å². The van der Waals surface area contributed by atoms with Crippen LogP contribution in [-0.4, -0.2) is 39.4 Å². The summed E-state index contributed by atoms with van der Waals surface area (Å²) in [4.78, 5) is 21.1. The Morgan fingerprint density at radius 2 is 1.90 bits per heavy atom. The zero-order valence-electron chi connectivity index (χ0n) is 12.8. The normalized spacial score (nSPS) is 11.5. The molecule has 0 bridgehead atoms. The Kier molecular flexibility index (Phi) is 5.95. The van der Waals surface area contributed by atoms with Crippen LogP contribution in [0.3, 0.4) is 0 Å². The second-order valence-electron chi connectivity index (χ2n) is 4.84. The quantitative estimate of drug-likeness (QED) is 0.621. The molecule has 0 radical (unpaired) electrons. The van der Waals surface area contributed by atoms with E-state index in [0.29, 0.717) is 34.9 Å². The van der Waals surface area contributed by atoms with Crippen molar-refractivity contribution < 1.29 is 9.90 Å².